The summed E-state index contributed by atoms with van der Waals surface area (Å²) in [4.78, 5) is 2.03. The fraction of sp³-hybridized carbons (Fsp3) is 0.0400. The van der Waals surface area contributed by atoms with Crippen molar-refractivity contribution in [3.05, 3.63) is 116 Å². The first-order valence-corrected chi connectivity index (χ1v) is 9.97. The van der Waals surface area contributed by atoms with Crippen molar-refractivity contribution in [2.75, 3.05) is 0 Å². The highest BCUT2D eigenvalue weighted by Crippen LogP contribution is 2.62. The lowest BCUT2D eigenvalue weighted by Gasteiger charge is -2.40. The highest BCUT2D eigenvalue weighted by Gasteiger charge is 2.47. The van der Waals surface area contributed by atoms with Crippen LogP contribution < -0.4 is 0 Å². The van der Waals surface area contributed by atoms with Crippen LogP contribution in [-0.4, -0.2) is 0 Å². The number of hydrogen-bond donors (Lipinski definition) is 2. The van der Waals surface area contributed by atoms with Crippen LogP contribution in [0.3, 0.4) is 0 Å². The largest absolute Gasteiger partial charge is 0.146 e. The van der Waals surface area contributed by atoms with Gasteiger partial charge in [-0.15, -0.1) is 25.3 Å². The molecule has 4 aliphatic carbocycles. The summed E-state index contributed by atoms with van der Waals surface area (Å²) in [5, 5.41) is 0. The quantitative estimate of drug-likeness (QED) is 0.473. The maximum atomic E-state index is 4.98. The Morgan fingerprint density at radius 1 is 0.630 bits per heavy atom. The smallest absolute Gasteiger partial charge is 0.0714 e. The molecule has 0 nitrogen and oxygen atoms in total. The predicted octanol–water partition coefficient (Wildman–Crippen LogP) is 6.59. The molecule has 1 spiro atoms. The topological polar surface area (TPSA) is 0 Å². The van der Waals surface area contributed by atoms with Gasteiger partial charge in [0, 0.05) is 9.81 Å². The Labute approximate surface area is 169 Å². The van der Waals surface area contributed by atoms with Crippen molar-refractivity contribution < 1.29 is 0 Å². The lowest BCUT2D eigenvalue weighted by molar-refractivity contribution is 0.739. The number of thiol groups is 2. The molecule has 1 unspecified atom stereocenters. The minimum atomic E-state index is -0.383. The standard InChI is InChI=1S/C25H16S2/c26-17-13-21-19-8-4-2-6-16(19)12-23(21)25(14-17)22-11-15-5-1-3-7-18(15)20(22)9-10-24(25)27/h1-14,26-27H. The molecule has 27 heavy (non-hydrogen) atoms. The molecule has 0 aliphatic heterocycles. The minimum Gasteiger partial charge on any atom is -0.146 e. The molecule has 2 aromatic carbocycles. The Morgan fingerprint density at radius 2 is 1.22 bits per heavy atom. The Morgan fingerprint density at radius 3 is 1.93 bits per heavy atom. The number of benzene rings is 2. The second-order valence-electron chi connectivity index (χ2n) is 7.36. The number of allylic oxidation sites excluding steroid dienone is 9. The molecule has 2 aromatic rings. The Hall–Kier alpha value is -2.42. The first-order chi connectivity index (χ1) is 13.2. The summed E-state index contributed by atoms with van der Waals surface area (Å²) < 4.78 is 0. The van der Waals surface area contributed by atoms with Crippen LogP contribution in [-0.2, 0) is 0 Å². The third kappa shape index (κ3) is 1.92. The van der Waals surface area contributed by atoms with Crippen LogP contribution in [0.5, 0.6) is 0 Å². The summed E-state index contributed by atoms with van der Waals surface area (Å²) in [6.07, 6.45) is 13.5. The second kappa shape index (κ2) is 5.31. The van der Waals surface area contributed by atoms with Crippen molar-refractivity contribution >= 4 is 48.6 Å². The molecule has 6 rings (SSSR count). The van der Waals surface area contributed by atoms with Gasteiger partial charge in [-0.25, -0.2) is 0 Å². The first-order valence-electron chi connectivity index (χ1n) is 9.07. The van der Waals surface area contributed by atoms with Gasteiger partial charge in [0.25, 0.3) is 0 Å². The van der Waals surface area contributed by atoms with Gasteiger partial charge < -0.3 is 0 Å². The normalized spacial score (nSPS) is 23.9. The van der Waals surface area contributed by atoms with E-state index in [2.05, 4.69) is 85.0 Å². The minimum absolute atomic E-state index is 0.383. The third-order valence-electron chi connectivity index (χ3n) is 6.00. The van der Waals surface area contributed by atoms with E-state index in [4.69, 9.17) is 25.3 Å². The van der Waals surface area contributed by atoms with Crippen LogP contribution in [0.2, 0.25) is 0 Å². The molecule has 0 saturated carbocycles. The van der Waals surface area contributed by atoms with E-state index in [-0.39, 0.29) is 5.41 Å². The molecular formula is C25H16S2. The molecule has 1 atom stereocenters. The zero-order valence-corrected chi connectivity index (χ0v) is 16.3. The SMILES string of the molecule is SC1=CC2(C(S)=CC=C3C2=Cc2ccccc23)C2=Cc3ccccc3C2=C1. The van der Waals surface area contributed by atoms with E-state index in [0.29, 0.717) is 0 Å². The summed E-state index contributed by atoms with van der Waals surface area (Å²) in [5.74, 6) is 0. The molecule has 128 valence electrons. The average Bonchev–Trinajstić information content (AvgIpc) is 3.24. The fourth-order valence-corrected chi connectivity index (χ4v) is 5.54. The van der Waals surface area contributed by atoms with Crippen LogP contribution in [0, 0.1) is 5.41 Å². The zero-order chi connectivity index (χ0) is 18.2. The Balaban J connectivity index is 1.65. The molecule has 0 aromatic heterocycles. The maximum absolute atomic E-state index is 4.98. The molecule has 0 amide bonds. The van der Waals surface area contributed by atoms with Crippen molar-refractivity contribution in [3.63, 3.8) is 0 Å². The van der Waals surface area contributed by atoms with Gasteiger partial charge >= 0.3 is 0 Å². The van der Waals surface area contributed by atoms with E-state index >= 15 is 0 Å². The van der Waals surface area contributed by atoms with E-state index in [9.17, 15) is 0 Å². The predicted molar refractivity (Wildman–Crippen MR) is 121 cm³/mol. The fourth-order valence-electron chi connectivity index (χ4n) is 4.84. The van der Waals surface area contributed by atoms with Gasteiger partial charge in [0.1, 0.15) is 0 Å². The van der Waals surface area contributed by atoms with Gasteiger partial charge in [-0.2, -0.15) is 0 Å². The van der Waals surface area contributed by atoms with E-state index in [1.54, 1.807) is 0 Å². The van der Waals surface area contributed by atoms with Crippen LogP contribution in [0.15, 0.2) is 93.8 Å². The van der Waals surface area contributed by atoms with Crippen LogP contribution >= 0.6 is 25.3 Å². The molecule has 0 saturated heterocycles. The molecule has 0 bridgehead atoms. The van der Waals surface area contributed by atoms with Crippen LogP contribution in [0.25, 0.3) is 23.3 Å². The van der Waals surface area contributed by atoms with E-state index in [0.717, 1.165) is 9.81 Å². The van der Waals surface area contributed by atoms with Crippen molar-refractivity contribution in [1.82, 2.24) is 0 Å². The number of rotatable bonds is 0. The second-order valence-corrected chi connectivity index (χ2v) is 8.36. The van der Waals surface area contributed by atoms with Gasteiger partial charge in [0.2, 0.25) is 0 Å². The highest BCUT2D eigenvalue weighted by molar-refractivity contribution is 7.85. The van der Waals surface area contributed by atoms with Crippen LogP contribution in [0.4, 0.5) is 0 Å². The molecule has 0 heterocycles. The maximum Gasteiger partial charge on any atom is 0.0714 e. The van der Waals surface area contributed by atoms with E-state index < -0.39 is 0 Å². The molecule has 0 fully saturated rings. The molecule has 4 aliphatic rings. The molecule has 2 heteroatoms. The molecular weight excluding hydrogens is 364 g/mol. The van der Waals surface area contributed by atoms with Crippen LogP contribution in [0.1, 0.15) is 22.3 Å². The van der Waals surface area contributed by atoms with Gasteiger partial charge in [-0.05, 0) is 62.8 Å². The van der Waals surface area contributed by atoms with Crippen molar-refractivity contribution in [2.45, 2.75) is 0 Å². The Bertz CT molecular complexity index is 1220. The zero-order valence-electron chi connectivity index (χ0n) is 14.5. The summed E-state index contributed by atoms with van der Waals surface area (Å²) in [6, 6.07) is 17.2. The highest BCUT2D eigenvalue weighted by atomic mass is 32.1. The van der Waals surface area contributed by atoms with Gasteiger partial charge in [-0.3, -0.25) is 0 Å². The van der Waals surface area contributed by atoms with Crippen molar-refractivity contribution in [2.24, 2.45) is 5.41 Å². The van der Waals surface area contributed by atoms with E-state index in [1.165, 1.54) is 44.5 Å². The molecule has 0 N–H and O–H groups in total. The number of fused-ring (bicyclic) bond motifs is 8. The summed E-state index contributed by atoms with van der Waals surface area (Å²) in [6.45, 7) is 0. The van der Waals surface area contributed by atoms with Crippen molar-refractivity contribution in [1.29, 1.82) is 0 Å². The number of hydrogen-bond acceptors (Lipinski definition) is 2. The monoisotopic (exact) mass is 380 g/mol. The summed E-state index contributed by atoms with van der Waals surface area (Å²) in [5.41, 5.74) is 9.88. The summed E-state index contributed by atoms with van der Waals surface area (Å²) >= 11 is 9.78. The molecule has 0 radical (unpaired) electrons. The summed E-state index contributed by atoms with van der Waals surface area (Å²) in [7, 11) is 0. The van der Waals surface area contributed by atoms with Gasteiger partial charge in [0.15, 0.2) is 0 Å². The first kappa shape index (κ1) is 15.6. The van der Waals surface area contributed by atoms with Gasteiger partial charge in [-0.1, -0.05) is 66.8 Å². The third-order valence-corrected chi connectivity index (χ3v) is 6.76. The lowest BCUT2D eigenvalue weighted by atomic mass is 9.65. The van der Waals surface area contributed by atoms with Gasteiger partial charge in [0.05, 0.1) is 5.41 Å². The van der Waals surface area contributed by atoms with E-state index in [1.807, 2.05) is 0 Å². The Kier molecular flexibility index (Phi) is 3.07. The lowest BCUT2D eigenvalue weighted by Crippen LogP contribution is -2.28. The van der Waals surface area contributed by atoms with Crippen molar-refractivity contribution in [3.8, 4) is 0 Å². The average molecular weight is 381 g/mol.